The highest BCUT2D eigenvalue weighted by Gasteiger charge is 2.13. The molecule has 0 bridgehead atoms. The van der Waals surface area contributed by atoms with Gasteiger partial charge in [-0.3, -0.25) is 4.79 Å². The lowest BCUT2D eigenvalue weighted by Gasteiger charge is -2.07. The number of nitrogens with one attached hydrogen (secondary N) is 2. The number of anilines is 1. The fraction of sp³-hybridized carbons (Fsp3) is 0. The van der Waals surface area contributed by atoms with E-state index in [4.69, 9.17) is 34.8 Å². The van der Waals surface area contributed by atoms with Crippen molar-refractivity contribution in [3.05, 3.63) is 81.3 Å². The van der Waals surface area contributed by atoms with E-state index in [2.05, 4.69) is 15.3 Å². The van der Waals surface area contributed by atoms with Gasteiger partial charge in [-0.2, -0.15) is 0 Å². The van der Waals surface area contributed by atoms with Crippen LogP contribution in [0.15, 0.2) is 60.7 Å². The minimum Gasteiger partial charge on any atom is -0.338 e. The second-order valence-corrected chi connectivity index (χ2v) is 7.10. The summed E-state index contributed by atoms with van der Waals surface area (Å²) in [5, 5.41) is 4.05. The Bertz CT molecular complexity index is 1150. The van der Waals surface area contributed by atoms with Crippen LogP contribution in [0.4, 0.5) is 5.69 Å². The number of rotatable bonds is 3. The summed E-state index contributed by atoms with van der Waals surface area (Å²) in [5.74, 6) is 0.391. The first-order chi connectivity index (χ1) is 13.0. The Kier molecular flexibility index (Phi) is 4.79. The van der Waals surface area contributed by atoms with Gasteiger partial charge in [0.15, 0.2) is 0 Å². The summed E-state index contributed by atoms with van der Waals surface area (Å²) in [6, 6.07) is 17.8. The van der Waals surface area contributed by atoms with E-state index in [-0.39, 0.29) is 10.9 Å². The summed E-state index contributed by atoms with van der Waals surface area (Å²) < 4.78 is 0. The van der Waals surface area contributed by atoms with Crippen molar-refractivity contribution in [2.24, 2.45) is 0 Å². The van der Waals surface area contributed by atoms with Crippen molar-refractivity contribution in [3.63, 3.8) is 0 Å². The number of carbonyl (C=O) groups excluding carboxylic acids is 1. The average Bonchev–Trinajstić information content (AvgIpc) is 3.07. The van der Waals surface area contributed by atoms with E-state index in [1.807, 2.05) is 36.4 Å². The zero-order valence-corrected chi connectivity index (χ0v) is 16.0. The molecule has 0 unspecified atom stereocenters. The highest BCUT2D eigenvalue weighted by atomic mass is 35.5. The Balaban J connectivity index is 1.62. The van der Waals surface area contributed by atoms with Crippen LogP contribution in [0.1, 0.15) is 10.4 Å². The van der Waals surface area contributed by atoms with Crippen molar-refractivity contribution in [3.8, 4) is 11.4 Å². The van der Waals surface area contributed by atoms with Crippen LogP contribution in [0.25, 0.3) is 22.4 Å². The third kappa shape index (κ3) is 3.65. The highest BCUT2D eigenvalue weighted by molar-refractivity contribution is 6.44. The van der Waals surface area contributed by atoms with Crippen molar-refractivity contribution in [1.82, 2.24) is 9.97 Å². The van der Waals surface area contributed by atoms with Gasteiger partial charge in [0.2, 0.25) is 0 Å². The molecule has 1 amide bonds. The van der Waals surface area contributed by atoms with E-state index in [9.17, 15) is 4.79 Å². The van der Waals surface area contributed by atoms with Gasteiger partial charge in [-0.1, -0.05) is 40.9 Å². The molecule has 0 radical (unpaired) electrons. The van der Waals surface area contributed by atoms with E-state index in [0.29, 0.717) is 21.3 Å². The number of aromatic nitrogens is 2. The first-order valence-corrected chi connectivity index (χ1v) is 9.16. The maximum absolute atomic E-state index is 12.5. The summed E-state index contributed by atoms with van der Waals surface area (Å²) in [7, 11) is 0. The molecule has 3 aromatic carbocycles. The summed E-state index contributed by atoms with van der Waals surface area (Å²) in [4.78, 5) is 20.3. The summed E-state index contributed by atoms with van der Waals surface area (Å²) in [6.07, 6.45) is 0. The summed E-state index contributed by atoms with van der Waals surface area (Å²) in [5.41, 5.74) is 3.45. The normalized spacial score (nSPS) is 10.9. The first kappa shape index (κ1) is 17.9. The average molecular weight is 417 g/mol. The van der Waals surface area contributed by atoms with Crippen LogP contribution in [0.3, 0.4) is 0 Å². The van der Waals surface area contributed by atoms with E-state index < -0.39 is 0 Å². The maximum atomic E-state index is 12.5. The third-order valence-electron chi connectivity index (χ3n) is 4.05. The molecule has 2 N–H and O–H groups in total. The minimum absolute atomic E-state index is 0.226. The lowest BCUT2D eigenvalue weighted by atomic mass is 10.2. The van der Waals surface area contributed by atoms with Crippen LogP contribution < -0.4 is 5.32 Å². The molecule has 0 aliphatic heterocycles. The molecule has 4 nitrogen and oxygen atoms in total. The number of aromatic amines is 1. The van der Waals surface area contributed by atoms with Crippen molar-refractivity contribution >= 4 is 57.4 Å². The molecule has 134 valence electrons. The van der Waals surface area contributed by atoms with Crippen molar-refractivity contribution in [1.29, 1.82) is 0 Å². The Morgan fingerprint density at radius 1 is 0.963 bits per heavy atom. The second-order valence-electron chi connectivity index (χ2n) is 5.88. The Labute approximate surface area is 170 Å². The Morgan fingerprint density at radius 2 is 1.74 bits per heavy atom. The number of fused-ring (bicyclic) bond motifs is 1. The predicted octanol–water partition coefficient (Wildman–Crippen LogP) is 6.44. The van der Waals surface area contributed by atoms with Crippen LogP contribution >= 0.6 is 34.8 Å². The molecule has 0 aliphatic carbocycles. The van der Waals surface area contributed by atoms with Gasteiger partial charge < -0.3 is 10.3 Å². The minimum atomic E-state index is -0.334. The molecule has 0 saturated heterocycles. The summed E-state index contributed by atoms with van der Waals surface area (Å²) >= 11 is 18.0. The molecular formula is C20H12Cl3N3O. The van der Waals surface area contributed by atoms with E-state index >= 15 is 0 Å². The molecule has 0 fully saturated rings. The Hall–Kier alpha value is -2.53. The molecule has 0 saturated carbocycles. The second kappa shape index (κ2) is 7.24. The number of imidazole rings is 1. The SMILES string of the molecule is O=C(Nc1ccc2nc(-c3ccc(Cl)cc3)[nH]c2c1)c1cccc(Cl)c1Cl. The number of amides is 1. The van der Waals surface area contributed by atoms with Crippen molar-refractivity contribution < 1.29 is 4.79 Å². The molecule has 0 spiro atoms. The van der Waals surface area contributed by atoms with E-state index in [1.165, 1.54) is 0 Å². The largest absolute Gasteiger partial charge is 0.338 e. The van der Waals surface area contributed by atoms with Gasteiger partial charge in [-0.05, 0) is 54.6 Å². The van der Waals surface area contributed by atoms with E-state index in [0.717, 1.165) is 22.4 Å². The quantitative estimate of drug-likeness (QED) is 0.403. The lowest BCUT2D eigenvalue weighted by molar-refractivity contribution is 0.102. The van der Waals surface area contributed by atoms with Gasteiger partial charge >= 0.3 is 0 Å². The van der Waals surface area contributed by atoms with Crippen molar-refractivity contribution in [2.45, 2.75) is 0 Å². The maximum Gasteiger partial charge on any atom is 0.257 e. The van der Waals surface area contributed by atoms with Gasteiger partial charge in [0.05, 0.1) is 26.6 Å². The monoisotopic (exact) mass is 415 g/mol. The van der Waals surface area contributed by atoms with Crippen LogP contribution in [-0.2, 0) is 0 Å². The lowest BCUT2D eigenvalue weighted by Crippen LogP contribution is -2.12. The molecule has 0 aliphatic rings. The molecule has 1 aromatic heterocycles. The molecule has 4 aromatic rings. The highest BCUT2D eigenvalue weighted by Crippen LogP contribution is 2.27. The molecule has 4 rings (SSSR count). The molecule has 7 heteroatoms. The zero-order chi connectivity index (χ0) is 19.0. The number of hydrogen-bond donors (Lipinski definition) is 2. The topological polar surface area (TPSA) is 57.8 Å². The number of nitrogens with zero attached hydrogens (tertiary/aromatic N) is 1. The van der Waals surface area contributed by atoms with Crippen LogP contribution in [-0.4, -0.2) is 15.9 Å². The van der Waals surface area contributed by atoms with Gasteiger partial charge in [0.25, 0.3) is 5.91 Å². The number of hydrogen-bond acceptors (Lipinski definition) is 2. The Morgan fingerprint density at radius 3 is 2.52 bits per heavy atom. The smallest absolute Gasteiger partial charge is 0.257 e. The predicted molar refractivity (Wildman–Crippen MR) is 111 cm³/mol. The number of H-pyrrole nitrogens is 1. The fourth-order valence-electron chi connectivity index (χ4n) is 2.71. The van der Waals surface area contributed by atoms with Gasteiger partial charge in [-0.15, -0.1) is 0 Å². The van der Waals surface area contributed by atoms with Crippen LogP contribution in [0.5, 0.6) is 0 Å². The van der Waals surface area contributed by atoms with Crippen molar-refractivity contribution in [2.75, 3.05) is 5.32 Å². The van der Waals surface area contributed by atoms with Gasteiger partial charge in [0, 0.05) is 16.3 Å². The van der Waals surface area contributed by atoms with E-state index in [1.54, 1.807) is 24.3 Å². The molecular weight excluding hydrogens is 405 g/mol. The standard InChI is InChI=1S/C20H12Cl3N3O/c21-12-6-4-11(5-7-12)19-25-16-9-8-13(10-17(16)26-19)24-20(27)14-2-1-3-15(22)18(14)23/h1-10H,(H,24,27)(H,25,26). The number of halogens is 3. The molecule has 0 atom stereocenters. The summed E-state index contributed by atoms with van der Waals surface area (Å²) in [6.45, 7) is 0. The molecule has 27 heavy (non-hydrogen) atoms. The molecule has 1 heterocycles. The number of benzene rings is 3. The van der Waals surface area contributed by atoms with Crippen LogP contribution in [0, 0.1) is 0 Å². The third-order valence-corrected chi connectivity index (χ3v) is 5.12. The zero-order valence-electron chi connectivity index (χ0n) is 13.8. The fourth-order valence-corrected chi connectivity index (χ4v) is 3.22. The van der Waals surface area contributed by atoms with Gasteiger partial charge in [-0.25, -0.2) is 4.98 Å². The number of carbonyl (C=O) groups is 1. The van der Waals surface area contributed by atoms with Gasteiger partial charge in [0.1, 0.15) is 5.82 Å². The first-order valence-electron chi connectivity index (χ1n) is 8.02. The van der Waals surface area contributed by atoms with Crippen LogP contribution in [0.2, 0.25) is 15.1 Å².